The third-order valence-corrected chi connectivity index (χ3v) is 3.11. The van der Waals surface area contributed by atoms with Crippen molar-refractivity contribution in [2.45, 2.75) is 37.7 Å². The van der Waals surface area contributed by atoms with Crippen molar-refractivity contribution in [3.63, 3.8) is 0 Å². The summed E-state index contributed by atoms with van der Waals surface area (Å²) < 4.78 is 66.1. The Morgan fingerprint density at radius 1 is 1.41 bits per heavy atom. The summed E-state index contributed by atoms with van der Waals surface area (Å²) >= 11 is 0. The second-order valence-electron chi connectivity index (χ2n) is 4.77. The van der Waals surface area contributed by atoms with Crippen molar-refractivity contribution in [2.75, 3.05) is 0 Å². The highest BCUT2D eigenvalue weighted by molar-refractivity contribution is 5.75. The Morgan fingerprint density at radius 3 is 2.64 bits per heavy atom. The largest absolute Gasteiger partial charge is 0.417 e. The third-order valence-electron chi connectivity index (χ3n) is 3.11. The lowest BCUT2D eigenvalue weighted by atomic mass is 10.2. The van der Waals surface area contributed by atoms with Crippen LogP contribution in [0.1, 0.15) is 18.4 Å². The molecule has 1 heterocycles. The van der Waals surface area contributed by atoms with E-state index in [9.17, 15) is 26.7 Å². The molecule has 0 spiro atoms. The van der Waals surface area contributed by atoms with Crippen LogP contribution in [-0.2, 0) is 6.54 Å². The van der Waals surface area contributed by atoms with Crippen LogP contribution in [0.15, 0.2) is 18.3 Å². The summed E-state index contributed by atoms with van der Waals surface area (Å²) in [6.07, 6.45) is -3.64. The van der Waals surface area contributed by atoms with Gasteiger partial charge in [0, 0.05) is 18.8 Å². The van der Waals surface area contributed by atoms with Gasteiger partial charge in [-0.1, -0.05) is 0 Å². The van der Waals surface area contributed by atoms with Crippen molar-refractivity contribution in [1.82, 2.24) is 15.6 Å². The number of pyridine rings is 1. The van der Waals surface area contributed by atoms with Gasteiger partial charge in [-0.3, -0.25) is 0 Å². The van der Waals surface area contributed by atoms with Crippen LogP contribution in [0.2, 0.25) is 0 Å². The minimum atomic E-state index is -4.50. The van der Waals surface area contributed by atoms with Crippen LogP contribution in [0.3, 0.4) is 0 Å². The zero-order valence-corrected chi connectivity index (χ0v) is 11.1. The van der Waals surface area contributed by atoms with E-state index in [0.29, 0.717) is 5.56 Å². The van der Waals surface area contributed by atoms with E-state index in [1.54, 1.807) is 0 Å². The maximum Gasteiger partial charge on any atom is 0.411 e. The number of urea groups is 1. The zero-order valence-electron chi connectivity index (χ0n) is 11.1. The number of carbonyl (C=O) groups excluding carboxylic acids is 1. The van der Waals surface area contributed by atoms with Crippen LogP contribution in [0.4, 0.5) is 26.7 Å². The normalized spacial score (nSPS) is 16.3. The first-order valence-electron chi connectivity index (χ1n) is 6.24. The van der Waals surface area contributed by atoms with Crippen molar-refractivity contribution >= 4 is 6.03 Å². The quantitative estimate of drug-likeness (QED) is 0.818. The first kappa shape index (κ1) is 16.2. The molecular weight excluding hydrogens is 313 g/mol. The van der Waals surface area contributed by atoms with Crippen LogP contribution >= 0.6 is 0 Å². The first-order chi connectivity index (χ1) is 10.2. The Hall–Kier alpha value is -2.13. The second kappa shape index (κ2) is 5.93. The number of ether oxygens (including phenoxy) is 1. The van der Waals surface area contributed by atoms with Crippen molar-refractivity contribution in [3.8, 4) is 5.88 Å². The summed E-state index contributed by atoms with van der Waals surface area (Å²) in [5, 5.41) is 4.11. The van der Waals surface area contributed by atoms with Gasteiger partial charge in [0.05, 0.1) is 0 Å². The molecule has 0 saturated heterocycles. The predicted molar refractivity (Wildman–Crippen MR) is 64.3 cm³/mol. The van der Waals surface area contributed by atoms with Gasteiger partial charge >= 0.3 is 18.8 Å². The van der Waals surface area contributed by atoms with Crippen molar-refractivity contribution in [1.29, 1.82) is 0 Å². The summed E-state index contributed by atoms with van der Waals surface area (Å²) in [6.45, 7) is -3.19. The minimum absolute atomic E-state index is 0.151. The molecule has 0 radical (unpaired) electrons. The lowest BCUT2D eigenvalue weighted by molar-refractivity contribution is -0.162. The Kier molecular flexibility index (Phi) is 4.38. The van der Waals surface area contributed by atoms with E-state index in [1.807, 2.05) is 5.32 Å². The number of rotatable bonds is 5. The molecule has 2 amide bonds. The maximum atomic E-state index is 12.7. The van der Waals surface area contributed by atoms with Crippen LogP contribution in [-0.4, -0.2) is 29.3 Å². The molecule has 1 aliphatic rings. The van der Waals surface area contributed by atoms with E-state index in [-0.39, 0.29) is 25.3 Å². The number of aromatic nitrogens is 1. The number of alkyl halides is 5. The molecule has 10 heteroatoms. The molecule has 1 saturated carbocycles. The maximum absolute atomic E-state index is 12.7. The van der Waals surface area contributed by atoms with E-state index in [2.05, 4.69) is 15.0 Å². The van der Waals surface area contributed by atoms with E-state index in [0.717, 1.165) is 6.07 Å². The summed E-state index contributed by atoms with van der Waals surface area (Å²) in [5.74, 6) is -0.344. The SMILES string of the molecule is O=C(NCc1ccnc(OC(F)F)c1)NC1(C(F)(F)F)CC1. The highest BCUT2D eigenvalue weighted by atomic mass is 19.4. The third kappa shape index (κ3) is 3.95. The monoisotopic (exact) mass is 325 g/mol. The van der Waals surface area contributed by atoms with Crippen molar-refractivity contribution in [2.24, 2.45) is 0 Å². The highest BCUT2D eigenvalue weighted by Gasteiger charge is 2.64. The van der Waals surface area contributed by atoms with Gasteiger partial charge in [0.2, 0.25) is 5.88 Å². The highest BCUT2D eigenvalue weighted by Crippen LogP contribution is 2.48. The summed E-state index contributed by atoms with van der Waals surface area (Å²) in [5.41, 5.74) is -1.79. The average Bonchev–Trinajstić information content (AvgIpc) is 3.16. The van der Waals surface area contributed by atoms with Crippen LogP contribution in [0.25, 0.3) is 0 Å². The van der Waals surface area contributed by atoms with E-state index in [1.165, 1.54) is 12.3 Å². The molecule has 1 aromatic rings. The van der Waals surface area contributed by atoms with Gasteiger partial charge < -0.3 is 15.4 Å². The smallest absolute Gasteiger partial charge is 0.411 e. The first-order valence-corrected chi connectivity index (χ1v) is 6.24. The summed E-state index contributed by atoms with van der Waals surface area (Å²) in [6, 6.07) is 1.58. The molecule has 0 atom stereocenters. The molecule has 0 bridgehead atoms. The predicted octanol–water partition coefficient (Wildman–Crippen LogP) is 2.58. The fourth-order valence-electron chi connectivity index (χ4n) is 1.76. The molecule has 122 valence electrons. The molecule has 0 aromatic carbocycles. The van der Waals surface area contributed by atoms with Crippen molar-refractivity contribution < 1.29 is 31.5 Å². The fourth-order valence-corrected chi connectivity index (χ4v) is 1.76. The van der Waals surface area contributed by atoms with Gasteiger partial charge in [-0.15, -0.1) is 0 Å². The molecule has 2 rings (SSSR count). The molecule has 22 heavy (non-hydrogen) atoms. The molecule has 5 nitrogen and oxygen atoms in total. The molecule has 2 N–H and O–H groups in total. The number of hydrogen-bond donors (Lipinski definition) is 2. The lowest BCUT2D eigenvalue weighted by Crippen LogP contribution is -2.51. The Labute approximate surface area is 121 Å². The fraction of sp³-hybridized carbons (Fsp3) is 0.500. The minimum Gasteiger partial charge on any atom is -0.417 e. The number of nitrogens with zero attached hydrogens (tertiary/aromatic N) is 1. The standard InChI is InChI=1S/C12H12F5N3O2/c13-9(14)22-8-5-7(1-4-18-8)6-19-10(21)20-11(2-3-11)12(15,16)17/h1,4-5,9H,2-3,6H2,(H2,19,20,21). The Morgan fingerprint density at radius 2 is 2.09 bits per heavy atom. The molecule has 1 aliphatic carbocycles. The van der Waals surface area contributed by atoms with Gasteiger partial charge in [-0.05, 0) is 24.5 Å². The number of nitrogens with one attached hydrogen (secondary N) is 2. The van der Waals surface area contributed by atoms with Gasteiger partial charge in [0.15, 0.2) is 0 Å². The Balaban J connectivity index is 1.87. The van der Waals surface area contributed by atoms with E-state index < -0.39 is 24.4 Å². The van der Waals surface area contributed by atoms with Crippen LogP contribution in [0.5, 0.6) is 5.88 Å². The zero-order chi connectivity index (χ0) is 16.4. The molecule has 1 aromatic heterocycles. The molecule has 1 fully saturated rings. The van der Waals surface area contributed by atoms with E-state index in [4.69, 9.17) is 0 Å². The molecule has 0 unspecified atom stereocenters. The van der Waals surface area contributed by atoms with Gasteiger partial charge in [-0.25, -0.2) is 9.78 Å². The molecular formula is C12H12F5N3O2. The topological polar surface area (TPSA) is 63.2 Å². The number of carbonyl (C=O) groups is 1. The lowest BCUT2D eigenvalue weighted by Gasteiger charge is -2.20. The number of hydrogen-bond acceptors (Lipinski definition) is 3. The second-order valence-corrected chi connectivity index (χ2v) is 4.77. The van der Waals surface area contributed by atoms with Crippen LogP contribution in [0, 0.1) is 0 Å². The van der Waals surface area contributed by atoms with Gasteiger partial charge in [-0.2, -0.15) is 22.0 Å². The summed E-state index contributed by atoms with van der Waals surface area (Å²) in [4.78, 5) is 15.0. The van der Waals surface area contributed by atoms with Crippen LogP contribution < -0.4 is 15.4 Å². The Bertz CT molecular complexity index is 546. The number of halogens is 5. The summed E-state index contributed by atoms with van der Waals surface area (Å²) in [7, 11) is 0. The molecule has 0 aliphatic heterocycles. The van der Waals surface area contributed by atoms with Gasteiger partial charge in [0.25, 0.3) is 0 Å². The average molecular weight is 325 g/mol. The van der Waals surface area contributed by atoms with E-state index >= 15 is 0 Å². The number of amides is 2. The van der Waals surface area contributed by atoms with Gasteiger partial charge in [0.1, 0.15) is 5.54 Å². The van der Waals surface area contributed by atoms with Crippen molar-refractivity contribution in [3.05, 3.63) is 23.9 Å².